The Bertz CT molecular complexity index is 418. The van der Waals surface area contributed by atoms with Crippen molar-refractivity contribution in [3.63, 3.8) is 0 Å². The van der Waals surface area contributed by atoms with Gasteiger partial charge in [-0.1, -0.05) is 6.07 Å². The molecule has 4 heteroatoms. The Balaban J connectivity index is 1.82. The molecule has 1 fully saturated rings. The van der Waals surface area contributed by atoms with Crippen molar-refractivity contribution in [1.29, 1.82) is 0 Å². The van der Waals surface area contributed by atoms with E-state index in [0.717, 1.165) is 16.9 Å². The fraction of sp³-hybridized carbons (Fsp3) is 0.500. The van der Waals surface area contributed by atoms with E-state index in [1.807, 2.05) is 26.0 Å². The molecule has 1 aromatic rings. The Morgan fingerprint density at radius 3 is 2.50 bits per heavy atom. The molecule has 0 spiro atoms. The molecule has 1 saturated heterocycles. The van der Waals surface area contributed by atoms with Gasteiger partial charge in [-0.25, -0.2) is 0 Å². The Kier molecular flexibility index (Phi) is 3.87. The molecule has 1 aliphatic rings. The first-order chi connectivity index (χ1) is 8.58. The van der Waals surface area contributed by atoms with Gasteiger partial charge < -0.3 is 14.7 Å². The minimum Gasteiger partial charge on any atom is -0.484 e. The largest absolute Gasteiger partial charge is 0.484 e. The fourth-order valence-electron chi connectivity index (χ4n) is 2.14. The molecule has 0 aliphatic carbocycles. The molecule has 98 valence electrons. The number of rotatable bonds is 4. The number of carbonyl (C=O) groups is 1. The number of hydrogen-bond donors (Lipinski definition) is 1. The summed E-state index contributed by atoms with van der Waals surface area (Å²) < 4.78 is 5.50. The first kappa shape index (κ1) is 12.9. The molecule has 1 aliphatic heterocycles. The van der Waals surface area contributed by atoms with Crippen LogP contribution in [0.1, 0.15) is 11.1 Å². The van der Waals surface area contributed by atoms with E-state index in [1.165, 1.54) is 0 Å². The van der Waals surface area contributed by atoms with Crippen LogP contribution in [0.5, 0.6) is 5.75 Å². The molecule has 1 N–H and O–H groups in total. The average Bonchev–Trinajstić information content (AvgIpc) is 2.23. The lowest BCUT2D eigenvalue weighted by Crippen LogP contribution is -2.52. The van der Waals surface area contributed by atoms with Gasteiger partial charge in [-0.2, -0.15) is 0 Å². The highest BCUT2D eigenvalue weighted by Crippen LogP contribution is 2.18. The van der Waals surface area contributed by atoms with Gasteiger partial charge in [0, 0.05) is 25.6 Å². The van der Waals surface area contributed by atoms with Crippen molar-refractivity contribution in [1.82, 2.24) is 4.90 Å². The van der Waals surface area contributed by atoms with Crippen molar-refractivity contribution >= 4 is 5.91 Å². The van der Waals surface area contributed by atoms with Gasteiger partial charge >= 0.3 is 0 Å². The smallest absolute Gasteiger partial charge is 0.260 e. The molecule has 0 bridgehead atoms. The number of hydrogen-bond acceptors (Lipinski definition) is 3. The molecule has 1 aromatic carbocycles. The summed E-state index contributed by atoms with van der Waals surface area (Å²) in [5, 5.41) is 8.89. The summed E-state index contributed by atoms with van der Waals surface area (Å²) in [5.41, 5.74) is 2.25. The molecule has 2 rings (SSSR count). The van der Waals surface area contributed by atoms with Gasteiger partial charge in [0.1, 0.15) is 5.75 Å². The van der Waals surface area contributed by atoms with Gasteiger partial charge in [-0.15, -0.1) is 0 Å². The number of amides is 1. The van der Waals surface area contributed by atoms with E-state index in [0.29, 0.717) is 13.1 Å². The minimum atomic E-state index is -0.0149. The van der Waals surface area contributed by atoms with Crippen LogP contribution in [0.15, 0.2) is 18.2 Å². The quantitative estimate of drug-likeness (QED) is 0.870. The number of aliphatic hydroxyl groups excluding tert-OH is 1. The summed E-state index contributed by atoms with van der Waals surface area (Å²) in [6.45, 7) is 5.52. The van der Waals surface area contributed by atoms with Crippen LogP contribution in [0.25, 0.3) is 0 Å². The Morgan fingerprint density at radius 2 is 1.94 bits per heavy atom. The van der Waals surface area contributed by atoms with Crippen LogP contribution in [0.2, 0.25) is 0 Å². The molecule has 0 unspecified atom stereocenters. The summed E-state index contributed by atoms with van der Waals surface area (Å²) in [6, 6.07) is 5.91. The molecule has 18 heavy (non-hydrogen) atoms. The highest BCUT2D eigenvalue weighted by molar-refractivity contribution is 5.78. The van der Waals surface area contributed by atoms with E-state index in [9.17, 15) is 4.79 Å². The number of likely N-dealkylation sites (tertiary alicyclic amines) is 1. The first-order valence-corrected chi connectivity index (χ1v) is 6.18. The zero-order chi connectivity index (χ0) is 13.1. The van der Waals surface area contributed by atoms with Crippen LogP contribution in [-0.4, -0.2) is 42.2 Å². The predicted octanol–water partition coefficient (Wildman–Crippen LogP) is 1.13. The standard InChI is InChI=1S/C14H19NO3/c1-10-3-11(2)5-13(4-10)18-9-14(17)15-6-12(7-15)8-16/h3-5,12,16H,6-9H2,1-2H3. The number of carbonyl (C=O) groups excluding carboxylic acids is 1. The number of benzene rings is 1. The summed E-state index contributed by atoms with van der Waals surface area (Å²) in [6.07, 6.45) is 0. The van der Waals surface area contributed by atoms with E-state index < -0.39 is 0 Å². The molecule has 4 nitrogen and oxygen atoms in total. The van der Waals surface area contributed by atoms with Crippen molar-refractivity contribution in [3.05, 3.63) is 29.3 Å². The summed E-state index contributed by atoms with van der Waals surface area (Å²) in [7, 11) is 0. The predicted molar refractivity (Wildman–Crippen MR) is 68.6 cm³/mol. The number of ether oxygens (including phenoxy) is 1. The van der Waals surface area contributed by atoms with Gasteiger partial charge in [-0.3, -0.25) is 4.79 Å². The van der Waals surface area contributed by atoms with Crippen LogP contribution < -0.4 is 4.74 Å². The molecule has 0 aromatic heterocycles. The van der Waals surface area contributed by atoms with Crippen LogP contribution in [0.3, 0.4) is 0 Å². The van der Waals surface area contributed by atoms with Crippen molar-refractivity contribution in [2.45, 2.75) is 13.8 Å². The van der Waals surface area contributed by atoms with Crippen molar-refractivity contribution in [3.8, 4) is 5.75 Å². The lowest BCUT2D eigenvalue weighted by molar-refractivity contribution is -0.140. The second-order valence-corrected chi connectivity index (χ2v) is 4.96. The second-order valence-electron chi connectivity index (χ2n) is 4.96. The van der Waals surface area contributed by atoms with Crippen molar-refractivity contribution < 1.29 is 14.6 Å². The zero-order valence-corrected chi connectivity index (χ0v) is 10.8. The lowest BCUT2D eigenvalue weighted by atomic mass is 10.0. The number of aryl methyl sites for hydroxylation is 2. The fourth-order valence-corrected chi connectivity index (χ4v) is 2.14. The Hall–Kier alpha value is -1.55. The van der Waals surface area contributed by atoms with E-state index in [1.54, 1.807) is 4.90 Å². The normalized spacial score (nSPS) is 15.4. The first-order valence-electron chi connectivity index (χ1n) is 6.18. The SMILES string of the molecule is Cc1cc(C)cc(OCC(=O)N2CC(CO)C2)c1. The van der Waals surface area contributed by atoms with E-state index in [-0.39, 0.29) is 25.0 Å². The maximum absolute atomic E-state index is 11.7. The Labute approximate surface area is 107 Å². The Morgan fingerprint density at radius 1 is 1.33 bits per heavy atom. The third kappa shape index (κ3) is 3.01. The third-order valence-corrected chi connectivity index (χ3v) is 3.13. The van der Waals surface area contributed by atoms with Gasteiger partial charge in [0.15, 0.2) is 6.61 Å². The van der Waals surface area contributed by atoms with Crippen LogP contribution in [-0.2, 0) is 4.79 Å². The summed E-state index contributed by atoms with van der Waals surface area (Å²) >= 11 is 0. The molecule has 0 atom stereocenters. The highest BCUT2D eigenvalue weighted by atomic mass is 16.5. The molecular formula is C14H19NO3. The zero-order valence-electron chi connectivity index (χ0n) is 10.8. The lowest BCUT2D eigenvalue weighted by Gasteiger charge is -2.38. The van der Waals surface area contributed by atoms with Crippen molar-refractivity contribution in [2.75, 3.05) is 26.3 Å². The van der Waals surface area contributed by atoms with Gasteiger partial charge in [-0.05, 0) is 37.1 Å². The summed E-state index contributed by atoms with van der Waals surface area (Å²) in [5.74, 6) is 0.967. The van der Waals surface area contributed by atoms with E-state index in [2.05, 4.69) is 6.07 Å². The van der Waals surface area contributed by atoms with Gasteiger partial charge in [0.05, 0.1) is 0 Å². The summed E-state index contributed by atoms with van der Waals surface area (Å²) in [4.78, 5) is 13.5. The van der Waals surface area contributed by atoms with Crippen molar-refractivity contribution in [2.24, 2.45) is 5.92 Å². The maximum atomic E-state index is 11.7. The third-order valence-electron chi connectivity index (χ3n) is 3.13. The van der Waals surface area contributed by atoms with Crippen LogP contribution >= 0.6 is 0 Å². The van der Waals surface area contributed by atoms with E-state index in [4.69, 9.17) is 9.84 Å². The minimum absolute atomic E-state index is 0.0149. The van der Waals surface area contributed by atoms with E-state index >= 15 is 0 Å². The van der Waals surface area contributed by atoms with Gasteiger partial charge in [0.25, 0.3) is 5.91 Å². The molecule has 1 amide bonds. The molecule has 1 heterocycles. The molecule has 0 saturated carbocycles. The van der Waals surface area contributed by atoms with Crippen LogP contribution in [0, 0.1) is 19.8 Å². The monoisotopic (exact) mass is 249 g/mol. The topological polar surface area (TPSA) is 49.8 Å². The molecule has 0 radical (unpaired) electrons. The number of aliphatic hydroxyl groups is 1. The van der Waals surface area contributed by atoms with Crippen LogP contribution in [0.4, 0.5) is 0 Å². The average molecular weight is 249 g/mol. The number of nitrogens with zero attached hydrogens (tertiary/aromatic N) is 1. The maximum Gasteiger partial charge on any atom is 0.260 e. The highest BCUT2D eigenvalue weighted by Gasteiger charge is 2.29. The second kappa shape index (κ2) is 5.40. The van der Waals surface area contributed by atoms with Gasteiger partial charge in [0.2, 0.25) is 0 Å². The molecular weight excluding hydrogens is 230 g/mol.